The number of ether oxygens (including phenoxy) is 2. The maximum absolute atomic E-state index is 14.0. The van der Waals surface area contributed by atoms with E-state index in [1.807, 2.05) is 0 Å². The molecule has 4 rings (SSSR count). The highest BCUT2D eigenvalue weighted by molar-refractivity contribution is 7.92. The molecule has 1 aliphatic heterocycles. The van der Waals surface area contributed by atoms with Gasteiger partial charge >= 0.3 is 6.09 Å². The van der Waals surface area contributed by atoms with E-state index < -0.39 is 45.1 Å². The van der Waals surface area contributed by atoms with Crippen LogP contribution in [0.5, 0.6) is 5.75 Å². The minimum atomic E-state index is -4.16. The van der Waals surface area contributed by atoms with Gasteiger partial charge < -0.3 is 25.4 Å². The summed E-state index contributed by atoms with van der Waals surface area (Å²) in [5.74, 6) is -0.400. The normalized spacial score (nSPS) is 21.3. The van der Waals surface area contributed by atoms with E-state index in [9.17, 15) is 22.8 Å². The van der Waals surface area contributed by atoms with E-state index in [4.69, 9.17) is 21.1 Å². The summed E-state index contributed by atoms with van der Waals surface area (Å²) >= 11 is 6.40. The van der Waals surface area contributed by atoms with Crippen LogP contribution in [0.15, 0.2) is 59.5 Å². The van der Waals surface area contributed by atoms with Crippen LogP contribution in [0.25, 0.3) is 0 Å². The minimum absolute atomic E-state index is 0.00350. The smallest absolute Gasteiger partial charge is 0.408 e. The lowest BCUT2D eigenvalue weighted by Crippen LogP contribution is -2.58. The van der Waals surface area contributed by atoms with Crippen molar-refractivity contribution in [2.24, 2.45) is 0 Å². The summed E-state index contributed by atoms with van der Waals surface area (Å²) in [5, 5.41) is 8.75. The van der Waals surface area contributed by atoms with E-state index in [0.29, 0.717) is 30.7 Å². The number of hydrogen-bond acceptors (Lipinski definition) is 7. The summed E-state index contributed by atoms with van der Waals surface area (Å²) in [6.07, 6.45) is 6.26. The highest BCUT2D eigenvalue weighted by atomic mass is 35.5. The van der Waals surface area contributed by atoms with Gasteiger partial charge in [-0.25, -0.2) is 13.2 Å². The maximum Gasteiger partial charge on any atom is 0.408 e. The van der Waals surface area contributed by atoms with Crippen LogP contribution in [0.3, 0.4) is 0 Å². The number of hydrogen-bond donors (Lipinski definition) is 3. The summed E-state index contributed by atoms with van der Waals surface area (Å²) in [4.78, 5) is 39.6. The molecule has 3 amide bonds. The number of fused-ring (bicyclic) bond motifs is 2. The number of amides is 3. The number of carbonyl (C=O) groups is 3. The van der Waals surface area contributed by atoms with Gasteiger partial charge in [0.1, 0.15) is 17.4 Å². The third-order valence-electron chi connectivity index (χ3n) is 7.73. The number of sulfonamides is 1. The van der Waals surface area contributed by atoms with Gasteiger partial charge in [-0.3, -0.25) is 13.9 Å². The number of benzene rings is 2. The van der Waals surface area contributed by atoms with Crippen LogP contribution in [0, 0.1) is 0 Å². The molecule has 1 unspecified atom stereocenters. The van der Waals surface area contributed by atoms with Gasteiger partial charge in [-0.15, -0.1) is 0 Å². The molecule has 1 fully saturated rings. The predicted octanol–water partition coefficient (Wildman–Crippen LogP) is 4.95. The highest BCUT2D eigenvalue weighted by Crippen LogP contribution is 2.31. The van der Waals surface area contributed by atoms with E-state index >= 15 is 0 Å². The molecule has 2 aromatic rings. The molecular weight excluding hydrogens is 620 g/mol. The Morgan fingerprint density at radius 2 is 1.76 bits per heavy atom. The van der Waals surface area contributed by atoms with Crippen molar-refractivity contribution in [1.82, 2.24) is 16.0 Å². The van der Waals surface area contributed by atoms with Crippen molar-refractivity contribution in [3.05, 3.63) is 65.2 Å². The number of halogens is 1. The van der Waals surface area contributed by atoms with E-state index in [0.717, 1.165) is 12.8 Å². The lowest BCUT2D eigenvalue weighted by molar-refractivity contribution is -0.125. The van der Waals surface area contributed by atoms with Crippen LogP contribution in [0.4, 0.5) is 10.5 Å². The number of methoxy groups -OCH3 is 1. The molecule has 2 aliphatic rings. The zero-order valence-electron chi connectivity index (χ0n) is 26.0. The van der Waals surface area contributed by atoms with Crippen molar-refractivity contribution in [1.29, 1.82) is 0 Å². The number of nitrogens with zero attached hydrogens (tertiary/aromatic N) is 1. The summed E-state index contributed by atoms with van der Waals surface area (Å²) in [6, 6.07) is 9.66. The van der Waals surface area contributed by atoms with Crippen LogP contribution in [-0.4, -0.2) is 63.7 Å². The van der Waals surface area contributed by atoms with E-state index in [1.165, 1.54) is 29.6 Å². The van der Waals surface area contributed by atoms with Gasteiger partial charge in [-0.1, -0.05) is 36.6 Å². The van der Waals surface area contributed by atoms with Gasteiger partial charge in [0, 0.05) is 6.54 Å². The van der Waals surface area contributed by atoms with Crippen molar-refractivity contribution in [2.75, 3.05) is 24.5 Å². The fraction of sp³-hybridized carbons (Fsp3) is 0.469. The molecule has 0 aromatic heterocycles. The lowest BCUT2D eigenvalue weighted by Gasteiger charge is -2.33. The topological polar surface area (TPSA) is 143 Å². The van der Waals surface area contributed by atoms with Crippen LogP contribution in [0.2, 0.25) is 5.02 Å². The number of alkyl carbamates (subject to hydrolysis) is 1. The Balaban J connectivity index is 1.72. The molecule has 1 atom stereocenters. The molecule has 45 heavy (non-hydrogen) atoms. The number of allylic oxidation sites excluding steroid dienone is 1. The van der Waals surface area contributed by atoms with Gasteiger partial charge in [-0.2, -0.15) is 0 Å². The molecule has 1 saturated carbocycles. The Morgan fingerprint density at radius 1 is 1.07 bits per heavy atom. The molecule has 1 aliphatic carbocycles. The largest absolute Gasteiger partial charge is 0.497 e. The quantitative estimate of drug-likeness (QED) is 0.396. The molecular formula is C32H41ClN4O7S. The molecule has 1 heterocycles. The summed E-state index contributed by atoms with van der Waals surface area (Å²) in [5.41, 5.74) is -1.13. The van der Waals surface area contributed by atoms with Crippen LogP contribution in [0.1, 0.15) is 69.7 Å². The molecule has 11 nitrogen and oxygen atoms in total. The second-order valence-corrected chi connectivity index (χ2v) is 14.6. The third-order valence-corrected chi connectivity index (χ3v) is 9.85. The first-order chi connectivity index (χ1) is 21.2. The molecule has 13 heteroatoms. The van der Waals surface area contributed by atoms with Crippen molar-refractivity contribution >= 4 is 45.2 Å². The zero-order valence-corrected chi connectivity index (χ0v) is 27.6. The first kappa shape index (κ1) is 34.1. The van der Waals surface area contributed by atoms with Crippen LogP contribution >= 0.6 is 11.6 Å². The Hall–Kier alpha value is -3.77. The molecule has 0 saturated heterocycles. The number of rotatable bonds is 3. The van der Waals surface area contributed by atoms with Crippen LogP contribution < -0.4 is 25.0 Å². The van der Waals surface area contributed by atoms with Gasteiger partial charge in [-0.05, 0) is 88.9 Å². The molecule has 1 spiro atoms. The predicted molar refractivity (Wildman–Crippen MR) is 172 cm³/mol. The first-order valence-electron chi connectivity index (χ1n) is 14.9. The molecule has 244 valence electrons. The molecule has 3 N–H and O–H groups in total. The van der Waals surface area contributed by atoms with E-state index in [1.54, 1.807) is 57.2 Å². The van der Waals surface area contributed by atoms with Crippen molar-refractivity contribution in [3.8, 4) is 5.75 Å². The number of carbonyl (C=O) groups excluding carboxylic acids is 3. The zero-order chi connectivity index (χ0) is 32.8. The number of anilines is 1. The van der Waals surface area contributed by atoms with Crippen LogP contribution in [-0.2, 0) is 19.6 Å². The summed E-state index contributed by atoms with van der Waals surface area (Å²) in [7, 11) is -2.64. The van der Waals surface area contributed by atoms with Gasteiger partial charge in [0.15, 0.2) is 0 Å². The van der Waals surface area contributed by atoms with E-state index in [2.05, 4.69) is 16.0 Å². The van der Waals surface area contributed by atoms with Gasteiger partial charge in [0.2, 0.25) is 5.91 Å². The van der Waals surface area contributed by atoms with E-state index in [-0.39, 0.29) is 35.0 Å². The lowest BCUT2D eigenvalue weighted by atomic mass is 9.96. The summed E-state index contributed by atoms with van der Waals surface area (Å²) in [6.45, 7) is 5.26. The fourth-order valence-corrected chi connectivity index (χ4v) is 7.06. The maximum atomic E-state index is 14.0. The number of nitrogens with one attached hydrogen (secondary N) is 3. The highest BCUT2D eigenvalue weighted by Gasteiger charge is 2.38. The Kier molecular flexibility index (Phi) is 10.7. The average molecular weight is 661 g/mol. The van der Waals surface area contributed by atoms with Crippen molar-refractivity contribution < 1.29 is 32.3 Å². The molecule has 2 aromatic carbocycles. The second-order valence-electron chi connectivity index (χ2n) is 12.3. The Bertz CT molecular complexity index is 1530. The first-order valence-corrected chi connectivity index (χ1v) is 16.8. The second kappa shape index (κ2) is 14.1. The average Bonchev–Trinajstić information content (AvgIpc) is 3.44. The Morgan fingerprint density at radius 3 is 2.40 bits per heavy atom. The van der Waals surface area contributed by atoms with Gasteiger partial charge in [0.05, 0.1) is 40.4 Å². The summed E-state index contributed by atoms with van der Waals surface area (Å²) < 4.78 is 39.9. The third kappa shape index (κ3) is 8.70. The van der Waals surface area contributed by atoms with Crippen molar-refractivity contribution in [2.45, 2.75) is 81.4 Å². The fourth-order valence-electron chi connectivity index (χ4n) is 5.42. The minimum Gasteiger partial charge on any atom is -0.497 e. The van der Waals surface area contributed by atoms with Crippen molar-refractivity contribution in [3.63, 3.8) is 0 Å². The monoisotopic (exact) mass is 660 g/mol. The Labute approximate surface area is 269 Å². The molecule has 0 radical (unpaired) electrons. The standard InChI is InChI=1S/C32H41ClN4O7S/c1-31(2,3)44-30(40)35-27-10-6-5-9-19-37(22-11-13-23(43-4)14-12-22)45(41,42)24-15-16-26(33)25(20-24)28(38)34-21-32(36-29(27)39)17-7-8-18-32/h5,9,11-16,20,27H,6-8,10,17-19,21H2,1-4H3,(H,34,38)(H,35,40)(H,36,39)/b9-5+. The molecule has 2 bridgehead atoms. The van der Waals surface area contributed by atoms with Gasteiger partial charge in [0.25, 0.3) is 15.9 Å². The SMILES string of the molecule is COc1ccc(N2C/C=C/CCC(NC(=O)OC(C)(C)C)C(=O)NC3(CCCC3)CNC(=O)c3cc(ccc3Cl)S2(=O)=O)cc1.